The molecule has 20 heavy (non-hydrogen) atoms. The van der Waals surface area contributed by atoms with Gasteiger partial charge in [-0.2, -0.15) is 0 Å². The fraction of sp³-hybridized carbons (Fsp3) is 0.667. The van der Waals surface area contributed by atoms with Crippen LogP contribution >= 0.6 is 0 Å². The fourth-order valence-corrected chi connectivity index (χ4v) is 3.29. The average Bonchev–Trinajstić information content (AvgIpc) is 2.45. The molecule has 2 nitrogen and oxygen atoms in total. The van der Waals surface area contributed by atoms with Crippen molar-refractivity contribution < 1.29 is 4.74 Å². The highest BCUT2D eigenvalue weighted by atomic mass is 16.5. The van der Waals surface area contributed by atoms with Crippen LogP contribution < -0.4 is 5.32 Å². The third-order valence-electron chi connectivity index (χ3n) is 4.29. The second-order valence-corrected chi connectivity index (χ2v) is 6.45. The van der Waals surface area contributed by atoms with Gasteiger partial charge in [0.15, 0.2) is 0 Å². The lowest BCUT2D eigenvalue weighted by Crippen LogP contribution is -2.45. The molecule has 0 saturated heterocycles. The lowest BCUT2D eigenvalue weighted by molar-refractivity contribution is 0.0817. The Labute approximate surface area is 123 Å². The summed E-state index contributed by atoms with van der Waals surface area (Å²) in [6.07, 6.45) is 3.72. The van der Waals surface area contributed by atoms with Gasteiger partial charge in [-0.3, -0.25) is 0 Å². The van der Waals surface area contributed by atoms with Gasteiger partial charge in [-0.15, -0.1) is 0 Å². The van der Waals surface area contributed by atoms with Gasteiger partial charge >= 0.3 is 0 Å². The third kappa shape index (κ3) is 3.62. The van der Waals surface area contributed by atoms with Crippen molar-refractivity contribution in [1.82, 2.24) is 5.32 Å². The Hall–Kier alpha value is -0.860. The zero-order valence-corrected chi connectivity index (χ0v) is 13.2. The first-order valence-corrected chi connectivity index (χ1v) is 8.05. The molecule has 0 saturated carbocycles. The minimum Gasteiger partial charge on any atom is -0.381 e. The Bertz CT molecular complexity index is 416. The van der Waals surface area contributed by atoms with Gasteiger partial charge in [0.2, 0.25) is 0 Å². The van der Waals surface area contributed by atoms with E-state index in [0.717, 1.165) is 26.3 Å². The van der Waals surface area contributed by atoms with Gasteiger partial charge in [0.1, 0.15) is 0 Å². The highest BCUT2D eigenvalue weighted by Gasteiger charge is 2.36. The first-order chi connectivity index (χ1) is 9.68. The number of fused-ring (bicyclic) bond motifs is 1. The Kier molecular flexibility index (Phi) is 5.62. The molecule has 2 heteroatoms. The van der Waals surface area contributed by atoms with Crippen molar-refractivity contribution in [2.45, 2.75) is 45.4 Å². The fourth-order valence-electron chi connectivity index (χ4n) is 3.29. The van der Waals surface area contributed by atoms with Crippen molar-refractivity contribution >= 4 is 0 Å². The van der Waals surface area contributed by atoms with E-state index in [2.05, 4.69) is 50.4 Å². The zero-order valence-electron chi connectivity index (χ0n) is 13.2. The first-order valence-electron chi connectivity index (χ1n) is 8.05. The summed E-state index contributed by atoms with van der Waals surface area (Å²) in [7, 11) is 0. The second-order valence-electron chi connectivity index (χ2n) is 6.45. The normalized spacial score (nSPS) is 22.0. The minimum atomic E-state index is 0.166. The molecule has 0 heterocycles. The smallest absolute Gasteiger partial charge is 0.0575 e. The van der Waals surface area contributed by atoms with E-state index in [9.17, 15) is 0 Å². The summed E-state index contributed by atoms with van der Waals surface area (Å²) in [4.78, 5) is 0. The standard InChI is InChI=1S/C18H29NO/c1-4-20-14-18(13-19-12-15(2)3)11-7-9-16-8-5-6-10-17(16)18/h5-6,8,10,15,19H,4,7,9,11-14H2,1-3H3. The maximum absolute atomic E-state index is 5.85. The molecule has 1 N–H and O–H groups in total. The Balaban J connectivity index is 2.18. The van der Waals surface area contributed by atoms with E-state index < -0.39 is 0 Å². The molecule has 0 aliphatic heterocycles. The van der Waals surface area contributed by atoms with Crippen LogP contribution in [0.5, 0.6) is 0 Å². The van der Waals surface area contributed by atoms with Crippen LogP contribution in [0.25, 0.3) is 0 Å². The number of hydrogen-bond donors (Lipinski definition) is 1. The second kappa shape index (κ2) is 7.24. The van der Waals surface area contributed by atoms with E-state index >= 15 is 0 Å². The van der Waals surface area contributed by atoms with Gasteiger partial charge in [-0.05, 0) is 49.8 Å². The first kappa shape index (κ1) is 15.5. The molecule has 0 amide bonds. The summed E-state index contributed by atoms with van der Waals surface area (Å²) in [6, 6.07) is 8.94. The summed E-state index contributed by atoms with van der Waals surface area (Å²) in [6.45, 7) is 10.4. The molecule has 0 fully saturated rings. The molecule has 112 valence electrons. The molecule has 1 aliphatic rings. The van der Waals surface area contributed by atoms with Crippen molar-refractivity contribution in [2.24, 2.45) is 5.92 Å². The van der Waals surface area contributed by atoms with Crippen LogP contribution in [0.1, 0.15) is 44.7 Å². The van der Waals surface area contributed by atoms with E-state index in [-0.39, 0.29) is 5.41 Å². The maximum atomic E-state index is 5.85. The predicted molar refractivity (Wildman–Crippen MR) is 85.3 cm³/mol. The predicted octanol–water partition coefficient (Wildman–Crippen LogP) is 3.54. The Morgan fingerprint density at radius 3 is 2.85 bits per heavy atom. The highest BCUT2D eigenvalue weighted by Crippen LogP contribution is 2.37. The van der Waals surface area contributed by atoms with Crippen LogP contribution in [-0.4, -0.2) is 26.3 Å². The van der Waals surface area contributed by atoms with Crippen LogP contribution in [-0.2, 0) is 16.6 Å². The number of aryl methyl sites for hydroxylation is 1. The summed E-state index contributed by atoms with van der Waals surface area (Å²) in [5.74, 6) is 0.693. The van der Waals surface area contributed by atoms with Crippen molar-refractivity contribution in [3.05, 3.63) is 35.4 Å². The molecule has 1 aromatic carbocycles. The van der Waals surface area contributed by atoms with Gasteiger partial charge < -0.3 is 10.1 Å². The summed E-state index contributed by atoms with van der Waals surface area (Å²) in [5.41, 5.74) is 3.19. The summed E-state index contributed by atoms with van der Waals surface area (Å²) < 4.78 is 5.85. The molecule has 0 bridgehead atoms. The van der Waals surface area contributed by atoms with E-state index in [4.69, 9.17) is 4.74 Å². The Morgan fingerprint density at radius 2 is 2.10 bits per heavy atom. The van der Waals surface area contributed by atoms with Gasteiger partial charge in [0.05, 0.1) is 6.61 Å². The number of rotatable bonds is 7. The van der Waals surface area contributed by atoms with Gasteiger partial charge in [-0.1, -0.05) is 38.1 Å². The largest absolute Gasteiger partial charge is 0.381 e. The van der Waals surface area contributed by atoms with Crippen LogP contribution in [0.4, 0.5) is 0 Å². The monoisotopic (exact) mass is 275 g/mol. The van der Waals surface area contributed by atoms with Crippen molar-refractivity contribution in [3.63, 3.8) is 0 Å². The third-order valence-corrected chi connectivity index (χ3v) is 4.29. The Morgan fingerprint density at radius 1 is 1.30 bits per heavy atom. The van der Waals surface area contributed by atoms with Crippen molar-refractivity contribution in [1.29, 1.82) is 0 Å². The molecule has 0 aromatic heterocycles. The molecular formula is C18H29NO. The van der Waals surface area contributed by atoms with Gasteiger partial charge in [0, 0.05) is 18.6 Å². The van der Waals surface area contributed by atoms with E-state index in [0.29, 0.717) is 5.92 Å². The molecular weight excluding hydrogens is 246 g/mol. The quantitative estimate of drug-likeness (QED) is 0.822. The molecule has 0 spiro atoms. The van der Waals surface area contributed by atoms with E-state index in [1.807, 2.05) is 0 Å². The van der Waals surface area contributed by atoms with Gasteiger partial charge in [0.25, 0.3) is 0 Å². The number of ether oxygens (including phenoxy) is 1. The number of nitrogens with one attached hydrogen (secondary N) is 1. The molecule has 1 atom stereocenters. The average molecular weight is 275 g/mol. The zero-order chi connectivity index (χ0) is 14.4. The molecule has 0 radical (unpaired) electrons. The van der Waals surface area contributed by atoms with Crippen molar-refractivity contribution in [2.75, 3.05) is 26.3 Å². The highest BCUT2D eigenvalue weighted by molar-refractivity contribution is 5.37. The molecule has 2 rings (SSSR count). The minimum absolute atomic E-state index is 0.166. The SMILES string of the molecule is CCOCC1(CNCC(C)C)CCCc2ccccc21. The van der Waals surface area contributed by atoms with Crippen LogP contribution in [0.15, 0.2) is 24.3 Å². The van der Waals surface area contributed by atoms with Crippen LogP contribution in [0, 0.1) is 5.92 Å². The summed E-state index contributed by atoms with van der Waals surface area (Å²) >= 11 is 0. The molecule has 1 aliphatic carbocycles. The van der Waals surface area contributed by atoms with Crippen LogP contribution in [0.3, 0.4) is 0 Å². The van der Waals surface area contributed by atoms with Crippen LogP contribution in [0.2, 0.25) is 0 Å². The van der Waals surface area contributed by atoms with E-state index in [1.54, 1.807) is 0 Å². The van der Waals surface area contributed by atoms with Gasteiger partial charge in [-0.25, -0.2) is 0 Å². The summed E-state index contributed by atoms with van der Waals surface area (Å²) in [5, 5.41) is 3.67. The maximum Gasteiger partial charge on any atom is 0.0575 e. The lowest BCUT2D eigenvalue weighted by atomic mass is 9.70. The number of hydrogen-bond acceptors (Lipinski definition) is 2. The molecule has 1 aromatic rings. The van der Waals surface area contributed by atoms with Crippen molar-refractivity contribution in [3.8, 4) is 0 Å². The molecule has 1 unspecified atom stereocenters. The number of benzene rings is 1. The topological polar surface area (TPSA) is 21.3 Å². The lowest BCUT2D eigenvalue weighted by Gasteiger charge is -2.39. The van der Waals surface area contributed by atoms with E-state index in [1.165, 1.54) is 30.4 Å².